The fraction of sp³-hybridized carbons (Fsp3) is 0.0952. The molecular weight excluding hydrogens is 400 g/mol. The zero-order valence-electron chi connectivity index (χ0n) is 15.7. The number of anilines is 1. The second-order valence-corrected chi connectivity index (χ2v) is 6.34. The number of nitrogens with zero attached hydrogens (tertiary/aromatic N) is 2. The van der Waals surface area contributed by atoms with E-state index in [1.807, 2.05) is 0 Å². The lowest BCUT2D eigenvalue weighted by molar-refractivity contribution is -0.137. The maximum Gasteiger partial charge on any atom is 0.416 e. The normalized spacial score (nSPS) is 12.0. The first-order valence-corrected chi connectivity index (χ1v) is 8.71. The van der Waals surface area contributed by atoms with Crippen molar-refractivity contribution in [2.45, 2.75) is 13.1 Å². The number of nitrogens with one attached hydrogen (secondary N) is 2. The van der Waals surface area contributed by atoms with Gasteiger partial charge in [-0.15, -0.1) is 0 Å². The Labute approximate surface area is 168 Å². The molecule has 2 N–H and O–H groups in total. The van der Waals surface area contributed by atoms with E-state index in [1.54, 1.807) is 30.3 Å². The average molecular weight is 416 g/mol. The van der Waals surface area contributed by atoms with Crippen molar-refractivity contribution in [1.82, 2.24) is 9.78 Å². The Morgan fingerprint density at radius 2 is 1.87 bits per heavy atom. The Balaban J connectivity index is 2.11. The Bertz CT molecular complexity index is 1170. The Morgan fingerprint density at radius 1 is 1.17 bits per heavy atom. The number of aryl methyl sites for hydroxylation is 1. The smallest absolute Gasteiger partial charge is 0.354 e. The molecule has 0 aliphatic carbocycles. The summed E-state index contributed by atoms with van der Waals surface area (Å²) < 4.78 is 53.9. The van der Waals surface area contributed by atoms with Gasteiger partial charge in [-0.1, -0.05) is 18.2 Å². The van der Waals surface area contributed by atoms with Crippen LogP contribution in [0.1, 0.15) is 16.8 Å². The molecule has 1 heterocycles. The number of rotatable bonds is 5. The average Bonchev–Trinajstić information content (AvgIpc) is 2.70. The minimum Gasteiger partial charge on any atom is -0.354 e. The molecule has 1 aromatic heterocycles. The maximum absolute atomic E-state index is 14.4. The highest BCUT2D eigenvalue weighted by Gasteiger charge is 2.31. The molecule has 30 heavy (non-hydrogen) atoms. The Morgan fingerprint density at radius 3 is 2.47 bits per heavy atom. The van der Waals surface area contributed by atoms with Gasteiger partial charge in [0.2, 0.25) is 5.43 Å². The van der Waals surface area contributed by atoms with Crippen LogP contribution in [0.25, 0.3) is 11.4 Å². The summed E-state index contributed by atoms with van der Waals surface area (Å²) in [7, 11) is 0. The quantitative estimate of drug-likeness (QED) is 0.464. The van der Waals surface area contributed by atoms with E-state index in [9.17, 15) is 22.4 Å². The van der Waals surface area contributed by atoms with Gasteiger partial charge in [0.15, 0.2) is 5.69 Å². The molecule has 3 rings (SSSR count). The standard InChI is InChI=1S/C21H16F4N4O/c1-13-12-29(18-8-7-14(11-16(18)22)21(23,24)25)28-19(20(13)30)17(9-10-26)27-15-5-3-2-4-6-15/h2-12,26-27H,1H3/b17-9-,26-10?. The first kappa shape index (κ1) is 21.0. The molecular formula is C21H16F4N4O. The van der Waals surface area contributed by atoms with Gasteiger partial charge in [-0.25, -0.2) is 9.07 Å². The minimum atomic E-state index is -4.68. The van der Waals surface area contributed by atoms with Crippen molar-refractivity contribution >= 4 is 17.6 Å². The molecule has 0 amide bonds. The predicted octanol–water partition coefficient (Wildman–Crippen LogP) is 4.80. The fourth-order valence-electron chi connectivity index (χ4n) is 2.72. The van der Waals surface area contributed by atoms with Gasteiger partial charge in [0.05, 0.1) is 11.3 Å². The third-order valence-corrected chi connectivity index (χ3v) is 4.18. The number of allylic oxidation sites excluding steroid dienone is 1. The SMILES string of the molecule is Cc1cn(-c2ccc(C(F)(F)F)cc2F)nc(/C(=C/C=N)Nc2ccccc2)c1=O. The summed E-state index contributed by atoms with van der Waals surface area (Å²) in [6, 6.07) is 10.9. The van der Waals surface area contributed by atoms with Crippen molar-refractivity contribution < 1.29 is 17.6 Å². The van der Waals surface area contributed by atoms with Gasteiger partial charge in [-0.05, 0) is 43.3 Å². The van der Waals surface area contributed by atoms with Crippen LogP contribution in [-0.2, 0) is 6.18 Å². The highest BCUT2D eigenvalue weighted by Crippen LogP contribution is 2.31. The largest absolute Gasteiger partial charge is 0.416 e. The molecule has 9 heteroatoms. The first-order chi connectivity index (χ1) is 14.2. The van der Waals surface area contributed by atoms with Crippen LogP contribution < -0.4 is 10.7 Å². The van der Waals surface area contributed by atoms with Gasteiger partial charge in [-0.2, -0.15) is 18.3 Å². The van der Waals surface area contributed by atoms with Crippen LogP contribution in [-0.4, -0.2) is 16.0 Å². The molecule has 0 saturated heterocycles. The van der Waals surface area contributed by atoms with E-state index in [4.69, 9.17) is 5.41 Å². The van der Waals surface area contributed by atoms with E-state index in [0.717, 1.165) is 23.0 Å². The molecule has 3 aromatic rings. The molecule has 0 unspecified atom stereocenters. The zero-order valence-corrected chi connectivity index (χ0v) is 15.7. The van der Waals surface area contributed by atoms with Gasteiger partial charge < -0.3 is 10.7 Å². The highest BCUT2D eigenvalue weighted by molar-refractivity contribution is 5.87. The number of alkyl halides is 3. The molecule has 5 nitrogen and oxygen atoms in total. The van der Waals surface area contributed by atoms with Gasteiger partial charge >= 0.3 is 6.18 Å². The number of para-hydroxylation sites is 1. The van der Waals surface area contributed by atoms with Crippen LogP contribution in [0.3, 0.4) is 0 Å². The molecule has 0 spiro atoms. The first-order valence-electron chi connectivity index (χ1n) is 8.71. The lowest BCUT2D eigenvalue weighted by Gasteiger charge is -2.14. The summed E-state index contributed by atoms with van der Waals surface area (Å²) in [5, 5.41) is 14.5. The van der Waals surface area contributed by atoms with E-state index >= 15 is 0 Å². The molecule has 2 aromatic carbocycles. The number of halogens is 4. The van der Waals surface area contributed by atoms with Crippen molar-refractivity contribution in [3.63, 3.8) is 0 Å². The lowest BCUT2D eigenvalue weighted by atomic mass is 10.1. The van der Waals surface area contributed by atoms with E-state index < -0.39 is 23.0 Å². The number of aromatic nitrogens is 2. The number of hydrogen-bond acceptors (Lipinski definition) is 4. The van der Waals surface area contributed by atoms with E-state index in [-0.39, 0.29) is 22.6 Å². The van der Waals surface area contributed by atoms with Gasteiger partial charge in [0, 0.05) is 23.7 Å². The number of hydrogen-bond donors (Lipinski definition) is 2. The molecule has 0 aliphatic rings. The third-order valence-electron chi connectivity index (χ3n) is 4.18. The van der Waals surface area contributed by atoms with E-state index in [0.29, 0.717) is 11.8 Å². The van der Waals surface area contributed by atoms with Crippen LogP contribution in [0, 0.1) is 18.2 Å². The van der Waals surface area contributed by atoms with Crippen LogP contribution in [0.4, 0.5) is 23.2 Å². The van der Waals surface area contributed by atoms with Gasteiger partial charge in [-0.3, -0.25) is 4.79 Å². The molecule has 154 valence electrons. The van der Waals surface area contributed by atoms with Crippen LogP contribution in [0.5, 0.6) is 0 Å². The highest BCUT2D eigenvalue weighted by atomic mass is 19.4. The summed E-state index contributed by atoms with van der Waals surface area (Å²) in [6.07, 6.45) is -1.18. The summed E-state index contributed by atoms with van der Waals surface area (Å²) in [4.78, 5) is 12.7. The van der Waals surface area contributed by atoms with E-state index in [2.05, 4.69) is 10.4 Å². The molecule has 0 atom stereocenters. The summed E-state index contributed by atoms with van der Waals surface area (Å²) in [6.45, 7) is 1.48. The molecule has 0 fully saturated rings. The second-order valence-electron chi connectivity index (χ2n) is 6.34. The maximum atomic E-state index is 14.4. The van der Waals surface area contributed by atoms with Gasteiger partial charge in [0.25, 0.3) is 0 Å². The lowest BCUT2D eigenvalue weighted by Crippen LogP contribution is -2.22. The molecule has 0 saturated carbocycles. The van der Waals surface area contributed by atoms with Crippen LogP contribution >= 0.6 is 0 Å². The van der Waals surface area contributed by atoms with Crippen molar-refractivity contribution in [1.29, 1.82) is 5.41 Å². The Kier molecular flexibility index (Phi) is 5.81. The third kappa shape index (κ3) is 4.45. The zero-order chi connectivity index (χ0) is 21.9. The minimum absolute atomic E-state index is 0.110. The predicted molar refractivity (Wildman–Crippen MR) is 106 cm³/mol. The summed E-state index contributed by atoms with van der Waals surface area (Å²) >= 11 is 0. The number of benzene rings is 2. The van der Waals surface area contributed by atoms with Crippen molar-refractivity contribution in [2.24, 2.45) is 0 Å². The fourth-order valence-corrected chi connectivity index (χ4v) is 2.72. The summed E-state index contributed by atoms with van der Waals surface area (Å²) in [5.41, 5.74) is -0.938. The van der Waals surface area contributed by atoms with Crippen molar-refractivity contribution in [2.75, 3.05) is 5.32 Å². The summed E-state index contributed by atoms with van der Waals surface area (Å²) in [5.74, 6) is -1.14. The monoisotopic (exact) mass is 416 g/mol. The van der Waals surface area contributed by atoms with Crippen LogP contribution in [0.2, 0.25) is 0 Å². The topological polar surface area (TPSA) is 70.8 Å². The molecule has 0 radical (unpaired) electrons. The van der Waals surface area contributed by atoms with Crippen molar-refractivity contribution in [3.05, 3.63) is 93.7 Å². The van der Waals surface area contributed by atoms with Crippen LogP contribution in [0.15, 0.2) is 65.6 Å². The molecule has 0 aliphatic heterocycles. The van der Waals surface area contributed by atoms with Crippen molar-refractivity contribution in [3.8, 4) is 5.69 Å². The van der Waals surface area contributed by atoms with E-state index in [1.165, 1.54) is 19.2 Å². The molecule has 0 bridgehead atoms. The Hall–Kier alpha value is -3.75. The van der Waals surface area contributed by atoms with Gasteiger partial charge in [0.1, 0.15) is 11.5 Å². The second kappa shape index (κ2) is 8.32.